The zero-order valence-electron chi connectivity index (χ0n) is 15.3. The van der Waals surface area contributed by atoms with Gasteiger partial charge >= 0.3 is 0 Å². The van der Waals surface area contributed by atoms with E-state index in [1.165, 1.54) is 12.1 Å². The normalized spacial score (nSPS) is 10.4. The zero-order chi connectivity index (χ0) is 20.8. The van der Waals surface area contributed by atoms with Gasteiger partial charge in [-0.15, -0.1) is 0 Å². The molecule has 0 bridgehead atoms. The molecule has 29 heavy (non-hydrogen) atoms. The lowest BCUT2D eigenvalue weighted by atomic mass is 10.1. The van der Waals surface area contributed by atoms with Gasteiger partial charge in [-0.05, 0) is 53.2 Å². The maximum atomic E-state index is 11.0. The predicted octanol–water partition coefficient (Wildman–Crippen LogP) is 4.76. The minimum atomic E-state index is -1.20. The summed E-state index contributed by atoms with van der Waals surface area (Å²) in [6.07, 6.45) is 0. The minimum absolute atomic E-state index is 0.134. The van der Waals surface area contributed by atoms with E-state index in [0.717, 1.165) is 11.1 Å². The summed E-state index contributed by atoms with van der Waals surface area (Å²) < 4.78 is 0. The van der Waals surface area contributed by atoms with Crippen molar-refractivity contribution in [2.24, 2.45) is 0 Å². The molecule has 3 aromatic rings. The van der Waals surface area contributed by atoms with E-state index in [1.807, 2.05) is 47.4 Å². The summed E-state index contributed by atoms with van der Waals surface area (Å²) in [6, 6.07) is 21.4. The number of nitrogens with one attached hydrogen (secondary N) is 1. The van der Waals surface area contributed by atoms with Crippen LogP contribution in [-0.4, -0.2) is 16.0 Å². The van der Waals surface area contributed by atoms with E-state index < -0.39 is 5.97 Å². The van der Waals surface area contributed by atoms with Gasteiger partial charge in [0.25, 0.3) is 0 Å². The second-order valence-corrected chi connectivity index (χ2v) is 7.61. The second kappa shape index (κ2) is 9.74. The number of nitrogens with zero attached hydrogens (tertiary/aromatic N) is 1. The zero-order valence-corrected chi connectivity index (χ0v) is 17.6. The number of carboxylic acid groups (broad SMARTS) is 1. The highest BCUT2D eigenvalue weighted by Crippen LogP contribution is 2.22. The number of benzene rings is 3. The van der Waals surface area contributed by atoms with Gasteiger partial charge in [0.1, 0.15) is 0 Å². The number of hydrogen-bond donors (Lipinski definition) is 1. The molecule has 3 rings (SSSR count). The van der Waals surface area contributed by atoms with Gasteiger partial charge in [0.05, 0.1) is 16.7 Å². The van der Waals surface area contributed by atoms with Crippen LogP contribution in [0.25, 0.3) is 0 Å². The molecule has 0 fully saturated rings. The average molecular weight is 444 g/mol. The first-order chi connectivity index (χ1) is 13.9. The molecule has 148 valence electrons. The van der Waals surface area contributed by atoms with Gasteiger partial charge in [0.15, 0.2) is 5.11 Å². The Bertz CT molecular complexity index is 1010. The van der Waals surface area contributed by atoms with Crippen LogP contribution in [0.15, 0.2) is 72.8 Å². The molecule has 0 saturated heterocycles. The first kappa shape index (κ1) is 21.1. The van der Waals surface area contributed by atoms with E-state index in [2.05, 4.69) is 5.32 Å². The van der Waals surface area contributed by atoms with Gasteiger partial charge < -0.3 is 20.1 Å². The Morgan fingerprint density at radius 1 is 0.897 bits per heavy atom. The van der Waals surface area contributed by atoms with Gasteiger partial charge in [-0.3, -0.25) is 0 Å². The number of carbonyl (C=O) groups excluding carboxylic acids is 1. The second-order valence-electron chi connectivity index (χ2n) is 6.38. The topological polar surface area (TPSA) is 55.4 Å². The molecule has 0 aliphatic carbocycles. The molecule has 0 radical (unpaired) electrons. The third-order valence-electron chi connectivity index (χ3n) is 4.25. The van der Waals surface area contributed by atoms with E-state index in [1.54, 1.807) is 18.2 Å². The molecular weight excluding hydrogens is 427 g/mol. The Morgan fingerprint density at radius 2 is 1.45 bits per heavy atom. The lowest BCUT2D eigenvalue weighted by Crippen LogP contribution is -2.34. The summed E-state index contributed by atoms with van der Waals surface area (Å²) in [5.41, 5.74) is 2.79. The van der Waals surface area contributed by atoms with E-state index in [9.17, 15) is 9.90 Å². The number of aromatic carboxylic acids is 1. The molecule has 4 nitrogen and oxygen atoms in total. The molecule has 7 heteroatoms. The van der Waals surface area contributed by atoms with E-state index in [-0.39, 0.29) is 5.56 Å². The smallest absolute Gasteiger partial charge is 0.174 e. The van der Waals surface area contributed by atoms with Crippen molar-refractivity contribution in [1.29, 1.82) is 0 Å². The number of para-hydroxylation sites is 1. The fourth-order valence-electron chi connectivity index (χ4n) is 2.73. The average Bonchev–Trinajstić information content (AvgIpc) is 2.71. The Hall–Kier alpha value is -2.60. The predicted molar refractivity (Wildman–Crippen MR) is 119 cm³/mol. The quantitative estimate of drug-likeness (QED) is 0.556. The number of carbonyl (C=O) groups is 1. The summed E-state index contributed by atoms with van der Waals surface area (Å²) in [5.74, 6) is -1.20. The molecule has 0 unspecified atom stereocenters. The highest BCUT2D eigenvalue weighted by molar-refractivity contribution is 7.80. The fraction of sp³-hybridized carbons (Fsp3) is 0.0909. The van der Waals surface area contributed by atoms with Crippen molar-refractivity contribution in [2.75, 3.05) is 5.32 Å². The van der Waals surface area contributed by atoms with E-state index >= 15 is 0 Å². The molecule has 0 spiro atoms. The summed E-state index contributed by atoms with van der Waals surface area (Å²) in [6.45, 7) is 1.02. The highest BCUT2D eigenvalue weighted by atomic mass is 35.5. The SMILES string of the molecule is O=C([O-])c1ccc(CN(Cc2ccc(Cl)cc2)C(=S)Nc2ccccc2Cl)cc1. The lowest BCUT2D eigenvalue weighted by molar-refractivity contribution is -0.255. The van der Waals surface area contributed by atoms with E-state index in [0.29, 0.717) is 33.9 Å². The number of carboxylic acids is 1. The molecular formula is C22H17Cl2N2O2S-. The van der Waals surface area contributed by atoms with Gasteiger partial charge in [-0.2, -0.15) is 0 Å². The van der Waals surface area contributed by atoms with Crippen LogP contribution in [0.3, 0.4) is 0 Å². The van der Waals surface area contributed by atoms with Crippen LogP contribution < -0.4 is 10.4 Å². The van der Waals surface area contributed by atoms with Crippen molar-refractivity contribution >= 4 is 52.2 Å². The Morgan fingerprint density at radius 3 is 2.00 bits per heavy atom. The van der Waals surface area contributed by atoms with Gasteiger partial charge in [0, 0.05) is 18.1 Å². The first-order valence-corrected chi connectivity index (χ1v) is 9.94. The van der Waals surface area contributed by atoms with Crippen LogP contribution in [-0.2, 0) is 13.1 Å². The van der Waals surface area contributed by atoms with Crippen molar-refractivity contribution in [1.82, 2.24) is 4.90 Å². The Kier molecular flexibility index (Phi) is 7.09. The standard InChI is InChI=1S/C22H18Cl2N2O2S/c23-18-11-7-16(8-12-18)14-26(13-15-5-9-17(10-6-15)21(27)28)22(29)25-20-4-2-1-3-19(20)24/h1-12H,13-14H2,(H,25,29)(H,27,28)/p-1. The van der Waals surface area contributed by atoms with Gasteiger partial charge in [0.2, 0.25) is 0 Å². The first-order valence-electron chi connectivity index (χ1n) is 8.77. The molecule has 0 aliphatic heterocycles. The summed E-state index contributed by atoms with van der Waals surface area (Å²) in [7, 11) is 0. The molecule has 0 saturated carbocycles. The Balaban J connectivity index is 1.82. The van der Waals surface area contributed by atoms with Gasteiger partial charge in [-0.1, -0.05) is 71.7 Å². The molecule has 0 amide bonds. The minimum Gasteiger partial charge on any atom is -0.545 e. The van der Waals surface area contributed by atoms with Crippen LogP contribution in [0.1, 0.15) is 21.5 Å². The summed E-state index contributed by atoms with van der Waals surface area (Å²) >= 11 is 17.9. The third kappa shape index (κ3) is 5.94. The maximum absolute atomic E-state index is 11.0. The number of rotatable bonds is 6. The molecule has 0 aromatic heterocycles. The monoisotopic (exact) mass is 443 g/mol. The molecule has 0 aliphatic rings. The fourth-order valence-corrected chi connectivity index (χ4v) is 3.28. The van der Waals surface area contributed by atoms with Crippen molar-refractivity contribution in [2.45, 2.75) is 13.1 Å². The van der Waals surface area contributed by atoms with E-state index in [4.69, 9.17) is 35.4 Å². The summed E-state index contributed by atoms with van der Waals surface area (Å²) in [4.78, 5) is 12.9. The molecule has 1 N–H and O–H groups in total. The van der Waals surface area contributed by atoms with Crippen LogP contribution in [0, 0.1) is 0 Å². The third-order valence-corrected chi connectivity index (χ3v) is 5.19. The molecule has 3 aromatic carbocycles. The van der Waals surface area contributed by atoms with Crippen LogP contribution in [0.2, 0.25) is 10.0 Å². The summed E-state index contributed by atoms with van der Waals surface area (Å²) in [5, 5.41) is 15.9. The highest BCUT2D eigenvalue weighted by Gasteiger charge is 2.13. The number of hydrogen-bond acceptors (Lipinski definition) is 3. The van der Waals surface area contributed by atoms with Crippen LogP contribution in [0.4, 0.5) is 5.69 Å². The van der Waals surface area contributed by atoms with Crippen LogP contribution in [0.5, 0.6) is 0 Å². The maximum Gasteiger partial charge on any atom is 0.174 e. The van der Waals surface area contributed by atoms with Crippen molar-refractivity contribution in [3.63, 3.8) is 0 Å². The number of halogens is 2. The Labute approximate surface area is 184 Å². The molecule has 0 atom stereocenters. The molecule has 0 heterocycles. The van der Waals surface area contributed by atoms with Crippen molar-refractivity contribution in [3.8, 4) is 0 Å². The largest absolute Gasteiger partial charge is 0.545 e. The van der Waals surface area contributed by atoms with Crippen molar-refractivity contribution < 1.29 is 9.90 Å². The van der Waals surface area contributed by atoms with Crippen molar-refractivity contribution in [3.05, 3.63) is 99.5 Å². The van der Waals surface area contributed by atoms with Crippen LogP contribution >= 0.6 is 35.4 Å². The lowest BCUT2D eigenvalue weighted by Gasteiger charge is -2.26. The van der Waals surface area contributed by atoms with Gasteiger partial charge in [-0.25, -0.2) is 0 Å². The number of anilines is 1. The number of thiocarbonyl (C=S) groups is 1.